The predicted molar refractivity (Wildman–Crippen MR) is 58.6 cm³/mol. The number of anilines is 1. The molecule has 0 aromatic carbocycles. The summed E-state index contributed by atoms with van der Waals surface area (Å²) in [6, 6.07) is 3.05. The molecule has 0 saturated heterocycles. The second-order valence-corrected chi connectivity index (χ2v) is 4.69. The number of rotatable bonds is 2. The van der Waals surface area contributed by atoms with Crippen LogP contribution < -0.4 is 5.32 Å². The first kappa shape index (κ1) is 11.5. The lowest BCUT2D eigenvalue weighted by Gasteiger charge is -2.16. The minimum Gasteiger partial charge on any atom is -0.506 e. The van der Waals surface area contributed by atoms with Gasteiger partial charge in [0.2, 0.25) is 5.91 Å². The van der Waals surface area contributed by atoms with E-state index in [1.165, 1.54) is 12.3 Å². The second-order valence-electron chi connectivity index (χ2n) is 4.69. The maximum absolute atomic E-state index is 11.5. The number of nitrogens with one attached hydrogen (secondary N) is 1. The number of amides is 1. The number of nitrogens with zero attached hydrogens (tertiary/aromatic N) is 1. The summed E-state index contributed by atoms with van der Waals surface area (Å²) in [4.78, 5) is 15.4. The van der Waals surface area contributed by atoms with Crippen molar-refractivity contribution in [2.45, 2.75) is 27.2 Å². The average molecular weight is 208 g/mol. The number of aromatic nitrogens is 1. The maximum atomic E-state index is 11.5. The smallest absolute Gasteiger partial charge is 0.226 e. The fourth-order valence-corrected chi connectivity index (χ4v) is 1.13. The van der Waals surface area contributed by atoms with Crippen LogP contribution in [-0.4, -0.2) is 16.0 Å². The molecule has 0 saturated carbocycles. The van der Waals surface area contributed by atoms with Gasteiger partial charge in [-0.15, -0.1) is 0 Å². The highest BCUT2D eigenvalue weighted by Gasteiger charge is 2.15. The van der Waals surface area contributed by atoms with Crippen LogP contribution >= 0.6 is 0 Å². The number of carbonyl (C=O) groups is 1. The second kappa shape index (κ2) is 4.29. The van der Waals surface area contributed by atoms with E-state index in [1.807, 2.05) is 20.8 Å². The SMILES string of the molecule is CC(C)(C)CC(=O)Nc1ccc(O)cn1. The Hall–Kier alpha value is -1.58. The lowest BCUT2D eigenvalue weighted by Crippen LogP contribution is -2.20. The van der Waals surface area contributed by atoms with Crippen molar-refractivity contribution in [3.8, 4) is 5.75 Å². The number of hydrogen-bond donors (Lipinski definition) is 2. The number of aromatic hydroxyl groups is 1. The van der Waals surface area contributed by atoms with Gasteiger partial charge in [0.05, 0.1) is 6.20 Å². The molecule has 0 aliphatic heterocycles. The van der Waals surface area contributed by atoms with E-state index in [1.54, 1.807) is 6.07 Å². The Balaban J connectivity index is 2.55. The molecule has 82 valence electrons. The number of carbonyl (C=O) groups excluding carboxylic acids is 1. The van der Waals surface area contributed by atoms with Gasteiger partial charge in [0.1, 0.15) is 11.6 Å². The molecule has 1 heterocycles. The third-order valence-electron chi connectivity index (χ3n) is 1.71. The van der Waals surface area contributed by atoms with Crippen LogP contribution in [0.4, 0.5) is 5.82 Å². The Morgan fingerprint density at radius 1 is 1.47 bits per heavy atom. The number of hydrogen-bond acceptors (Lipinski definition) is 3. The molecule has 0 bridgehead atoms. The zero-order valence-corrected chi connectivity index (χ0v) is 9.24. The highest BCUT2D eigenvalue weighted by molar-refractivity contribution is 5.90. The van der Waals surface area contributed by atoms with Crippen LogP contribution in [-0.2, 0) is 4.79 Å². The largest absolute Gasteiger partial charge is 0.506 e. The van der Waals surface area contributed by atoms with Crippen LogP contribution in [0.25, 0.3) is 0 Å². The fourth-order valence-electron chi connectivity index (χ4n) is 1.13. The molecule has 1 aromatic heterocycles. The molecule has 4 heteroatoms. The molecule has 4 nitrogen and oxygen atoms in total. The maximum Gasteiger partial charge on any atom is 0.226 e. The molecule has 1 rings (SSSR count). The number of pyridine rings is 1. The zero-order valence-electron chi connectivity index (χ0n) is 9.24. The van der Waals surface area contributed by atoms with Gasteiger partial charge in [0.15, 0.2) is 0 Å². The Kier molecular flexibility index (Phi) is 3.29. The highest BCUT2D eigenvalue weighted by Crippen LogP contribution is 2.19. The van der Waals surface area contributed by atoms with Gasteiger partial charge in [-0.25, -0.2) is 4.98 Å². The van der Waals surface area contributed by atoms with Crippen LogP contribution in [0.5, 0.6) is 5.75 Å². The van der Waals surface area contributed by atoms with E-state index in [2.05, 4.69) is 10.3 Å². The molecule has 2 N–H and O–H groups in total. The lowest BCUT2D eigenvalue weighted by atomic mass is 9.92. The summed E-state index contributed by atoms with van der Waals surface area (Å²) < 4.78 is 0. The quantitative estimate of drug-likeness (QED) is 0.782. The molecular formula is C11H16N2O2. The molecule has 0 atom stereocenters. The van der Waals surface area contributed by atoms with Crippen molar-refractivity contribution in [2.24, 2.45) is 5.41 Å². The van der Waals surface area contributed by atoms with Gasteiger partial charge < -0.3 is 10.4 Å². The van der Waals surface area contributed by atoms with Crippen molar-refractivity contribution in [3.05, 3.63) is 18.3 Å². The lowest BCUT2D eigenvalue weighted by molar-refractivity contribution is -0.117. The molecule has 0 aliphatic rings. The summed E-state index contributed by atoms with van der Waals surface area (Å²) in [5, 5.41) is 11.7. The van der Waals surface area contributed by atoms with E-state index in [0.717, 1.165) is 0 Å². The van der Waals surface area contributed by atoms with E-state index >= 15 is 0 Å². The molecular weight excluding hydrogens is 192 g/mol. The first-order valence-corrected chi connectivity index (χ1v) is 4.82. The van der Waals surface area contributed by atoms with Gasteiger partial charge in [-0.1, -0.05) is 20.8 Å². The molecule has 1 aromatic rings. The minimum absolute atomic E-state index is 0.0407. The van der Waals surface area contributed by atoms with Crippen LogP contribution in [0.3, 0.4) is 0 Å². The van der Waals surface area contributed by atoms with Crippen molar-refractivity contribution in [2.75, 3.05) is 5.32 Å². The molecule has 0 radical (unpaired) electrons. The fraction of sp³-hybridized carbons (Fsp3) is 0.455. The molecule has 0 spiro atoms. The highest BCUT2D eigenvalue weighted by atomic mass is 16.3. The van der Waals surface area contributed by atoms with E-state index in [4.69, 9.17) is 5.11 Å². The van der Waals surface area contributed by atoms with Crippen molar-refractivity contribution in [1.29, 1.82) is 0 Å². The Morgan fingerprint density at radius 3 is 2.60 bits per heavy atom. The molecule has 0 fully saturated rings. The van der Waals surface area contributed by atoms with E-state index < -0.39 is 0 Å². The van der Waals surface area contributed by atoms with Crippen molar-refractivity contribution < 1.29 is 9.90 Å². The van der Waals surface area contributed by atoms with Crippen molar-refractivity contribution >= 4 is 11.7 Å². The van der Waals surface area contributed by atoms with Gasteiger partial charge in [-0.2, -0.15) is 0 Å². The molecule has 15 heavy (non-hydrogen) atoms. The monoisotopic (exact) mass is 208 g/mol. The van der Waals surface area contributed by atoms with Crippen LogP contribution in [0, 0.1) is 5.41 Å². The summed E-state index contributed by atoms with van der Waals surface area (Å²) in [5.74, 6) is 0.478. The third kappa shape index (κ3) is 4.44. The van der Waals surface area contributed by atoms with E-state index in [0.29, 0.717) is 12.2 Å². The summed E-state index contributed by atoms with van der Waals surface area (Å²) in [7, 11) is 0. The molecule has 0 unspecified atom stereocenters. The normalized spacial score (nSPS) is 11.1. The van der Waals surface area contributed by atoms with Gasteiger partial charge >= 0.3 is 0 Å². The standard InChI is InChI=1S/C11H16N2O2/c1-11(2,3)6-10(15)13-9-5-4-8(14)7-12-9/h4-5,7,14H,6H2,1-3H3,(H,12,13,15). The van der Waals surface area contributed by atoms with E-state index in [-0.39, 0.29) is 17.1 Å². The summed E-state index contributed by atoms with van der Waals surface area (Å²) in [5.41, 5.74) is -0.0407. The Bertz CT molecular complexity index is 339. The van der Waals surface area contributed by atoms with Crippen LogP contribution in [0.1, 0.15) is 27.2 Å². The minimum atomic E-state index is -0.0688. The first-order valence-electron chi connectivity index (χ1n) is 4.82. The van der Waals surface area contributed by atoms with E-state index in [9.17, 15) is 4.79 Å². The zero-order chi connectivity index (χ0) is 11.5. The van der Waals surface area contributed by atoms with Gasteiger partial charge in [-0.3, -0.25) is 4.79 Å². The van der Waals surface area contributed by atoms with Gasteiger partial charge in [0, 0.05) is 6.42 Å². The summed E-state index contributed by atoms with van der Waals surface area (Å²) in [6.07, 6.45) is 1.74. The molecule has 1 amide bonds. The van der Waals surface area contributed by atoms with Crippen molar-refractivity contribution in [1.82, 2.24) is 4.98 Å². The van der Waals surface area contributed by atoms with Crippen LogP contribution in [0.15, 0.2) is 18.3 Å². The first-order chi connectivity index (χ1) is 6.87. The van der Waals surface area contributed by atoms with Crippen LogP contribution in [0.2, 0.25) is 0 Å². The third-order valence-corrected chi connectivity index (χ3v) is 1.71. The summed E-state index contributed by atoms with van der Waals surface area (Å²) in [6.45, 7) is 5.99. The van der Waals surface area contributed by atoms with Gasteiger partial charge in [-0.05, 0) is 17.5 Å². The van der Waals surface area contributed by atoms with Gasteiger partial charge in [0.25, 0.3) is 0 Å². The summed E-state index contributed by atoms with van der Waals surface area (Å²) >= 11 is 0. The average Bonchev–Trinajstić information content (AvgIpc) is 2.05. The van der Waals surface area contributed by atoms with Crippen molar-refractivity contribution in [3.63, 3.8) is 0 Å². The topological polar surface area (TPSA) is 62.2 Å². The predicted octanol–water partition coefficient (Wildman–Crippen LogP) is 2.16. The molecule has 0 aliphatic carbocycles. The Labute approximate surface area is 89.3 Å². The Morgan fingerprint density at radius 2 is 2.13 bits per heavy atom.